The minimum atomic E-state index is -3.96. The Morgan fingerprint density at radius 2 is 1.72 bits per heavy atom. The van der Waals surface area contributed by atoms with Crippen molar-refractivity contribution in [1.82, 2.24) is 19.8 Å². The van der Waals surface area contributed by atoms with E-state index in [9.17, 15) is 22.8 Å². The molecule has 0 bridgehead atoms. The van der Waals surface area contributed by atoms with E-state index >= 15 is 0 Å². The maximum absolute atomic E-state index is 13.1. The van der Waals surface area contributed by atoms with Crippen molar-refractivity contribution in [2.45, 2.75) is 36.6 Å². The lowest BCUT2D eigenvalue weighted by molar-refractivity contribution is -0.143. The third-order valence-corrected chi connectivity index (χ3v) is 8.45. The number of fused-ring (bicyclic) bond motifs is 1. The first-order chi connectivity index (χ1) is 17.1. The second-order valence-corrected chi connectivity index (χ2v) is 11.4. The second kappa shape index (κ2) is 11.0. The van der Waals surface area contributed by atoms with Crippen molar-refractivity contribution in [2.75, 3.05) is 32.7 Å². The van der Waals surface area contributed by atoms with Gasteiger partial charge in [0.25, 0.3) is 0 Å². The molecule has 12 heteroatoms. The van der Waals surface area contributed by atoms with Gasteiger partial charge >= 0.3 is 6.09 Å². The topological polar surface area (TPSA) is 136 Å². The van der Waals surface area contributed by atoms with Gasteiger partial charge in [0, 0.05) is 31.2 Å². The molecular weight excluding hydrogens is 508 g/mol. The summed E-state index contributed by atoms with van der Waals surface area (Å²) in [4.78, 5) is 39.7. The lowest BCUT2D eigenvalue weighted by Gasteiger charge is -2.36. The van der Waals surface area contributed by atoms with Crippen LogP contribution in [0.1, 0.15) is 25.7 Å². The molecule has 1 atom stereocenters. The minimum absolute atomic E-state index is 0.0542. The average Bonchev–Trinajstić information content (AvgIpc) is 2.85. The number of sulfonamides is 1. The zero-order chi connectivity index (χ0) is 25.9. The molecule has 2 aliphatic rings. The van der Waals surface area contributed by atoms with E-state index in [0.29, 0.717) is 62.3 Å². The molecule has 2 saturated heterocycles. The third kappa shape index (κ3) is 6.26. The first kappa shape index (κ1) is 26.2. The summed E-state index contributed by atoms with van der Waals surface area (Å²) in [5.41, 5.74) is 0. The molecule has 2 fully saturated rings. The highest BCUT2D eigenvalue weighted by Gasteiger charge is 2.34. The number of amides is 3. The summed E-state index contributed by atoms with van der Waals surface area (Å²) in [5.74, 6) is -0.427. The standard InChI is InChI=1S/C24H29ClN4O6S/c25-19-5-3-18-13-20(6-4-17(18)12-19)36(34,35)27-21-2-1-9-29(23(21)31)15-22(30)28-10-7-16(8-11-28)14-26-24(32)33/h3-6,12-13,16,21,26-27H,1-2,7-11,14-15H2,(H,32,33)/t21-/m0/s1. The monoisotopic (exact) mass is 536 g/mol. The van der Waals surface area contributed by atoms with Gasteiger partial charge in [-0.15, -0.1) is 0 Å². The molecule has 0 saturated carbocycles. The maximum Gasteiger partial charge on any atom is 0.404 e. The molecule has 194 valence electrons. The summed E-state index contributed by atoms with van der Waals surface area (Å²) >= 11 is 6.00. The Bertz CT molecular complexity index is 1260. The van der Waals surface area contributed by atoms with E-state index in [0.717, 1.165) is 5.39 Å². The molecule has 2 aromatic rings. The molecule has 10 nitrogen and oxygen atoms in total. The third-order valence-electron chi connectivity index (χ3n) is 6.75. The van der Waals surface area contributed by atoms with Crippen molar-refractivity contribution < 1.29 is 27.9 Å². The lowest BCUT2D eigenvalue weighted by atomic mass is 9.96. The minimum Gasteiger partial charge on any atom is -0.465 e. The number of hydrogen-bond acceptors (Lipinski definition) is 5. The molecular formula is C24H29ClN4O6S. The van der Waals surface area contributed by atoms with Crippen LogP contribution in [0.25, 0.3) is 10.8 Å². The average molecular weight is 537 g/mol. The van der Waals surface area contributed by atoms with Gasteiger partial charge in [-0.25, -0.2) is 13.2 Å². The Kier molecular flexibility index (Phi) is 8.01. The van der Waals surface area contributed by atoms with E-state index in [-0.39, 0.29) is 23.3 Å². The number of piperidine rings is 2. The number of carbonyl (C=O) groups excluding carboxylic acids is 2. The van der Waals surface area contributed by atoms with Crippen molar-refractivity contribution in [3.05, 3.63) is 41.4 Å². The van der Waals surface area contributed by atoms with E-state index in [1.165, 1.54) is 17.0 Å². The molecule has 3 amide bonds. The molecule has 2 heterocycles. The van der Waals surface area contributed by atoms with E-state index in [1.54, 1.807) is 29.2 Å². The van der Waals surface area contributed by atoms with Gasteiger partial charge in [0.2, 0.25) is 21.8 Å². The molecule has 0 unspecified atom stereocenters. The van der Waals surface area contributed by atoms with Gasteiger partial charge in [0.1, 0.15) is 6.04 Å². The molecule has 0 spiro atoms. The summed E-state index contributed by atoms with van der Waals surface area (Å²) in [6.45, 7) is 1.63. The van der Waals surface area contributed by atoms with E-state index in [2.05, 4.69) is 10.0 Å². The van der Waals surface area contributed by atoms with Gasteiger partial charge in [-0.3, -0.25) is 9.59 Å². The number of carboxylic acid groups (broad SMARTS) is 1. The van der Waals surface area contributed by atoms with E-state index in [1.807, 2.05) is 0 Å². The number of nitrogens with zero attached hydrogens (tertiary/aromatic N) is 2. The molecule has 2 aromatic carbocycles. The Morgan fingerprint density at radius 3 is 2.44 bits per heavy atom. The number of rotatable bonds is 7. The van der Waals surface area contributed by atoms with Crippen LogP contribution in [-0.2, 0) is 19.6 Å². The normalized spacial score (nSPS) is 19.5. The van der Waals surface area contributed by atoms with E-state index in [4.69, 9.17) is 16.7 Å². The molecule has 36 heavy (non-hydrogen) atoms. The fraction of sp³-hybridized carbons (Fsp3) is 0.458. The van der Waals surface area contributed by atoms with Crippen LogP contribution in [0.15, 0.2) is 41.3 Å². The Balaban J connectivity index is 1.35. The van der Waals surface area contributed by atoms with Gasteiger partial charge < -0.3 is 20.2 Å². The number of benzene rings is 2. The molecule has 2 aliphatic heterocycles. The lowest BCUT2D eigenvalue weighted by Crippen LogP contribution is -2.55. The number of likely N-dealkylation sites (tertiary alicyclic amines) is 2. The van der Waals surface area contributed by atoms with Gasteiger partial charge in [-0.2, -0.15) is 4.72 Å². The van der Waals surface area contributed by atoms with Gasteiger partial charge in [0.15, 0.2) is 0 Å². The highest BCUT2D eigenvalue weighted by Crippen LogP contribution is 2.24. The van der Waals surface area contributed by atoms with Gasteiger partial charge in [-0.1, -0.05) is 23.7 Å². The van der Waals surface area contributed by atoms with Gasteiger partial charge in [0.05, 0.1) is 11.4 Å². The Morgan fingerprint density at radius 1 is 1.03 bits per heavy atom. The highest BCUT2D eigenvalue weighted by molar-refractivity contribution is 7.89. The summed E-state index contributed by atoms with van der Waals surface area (Å²) < 4.78 is 28.6. The smallest absolute Gasteiger partial charge is 0.404 e. The summed E-state index contributed by atoms with van der Waals surface area (Å²) in [6, 6.07) is 8.92. The largest absolute Gasteiger partial charge is 0.465 e. The first-order valence-corrected chi connectivity index (χ1v) is 13.7. The van der Waals surface area contributed by atoms with Crippen molar-refractivity contribution in [3.8, 4) is 0 Å². The summed E-state index contributed by atoms with van der Waals surface area (Å²) in [6.07, 6.45) is 1.23. The van der Waals surface area contributed by atoms with Crippen molar-refractivity contribution >= 4 is 50.3 Å². The SMILES string of the molecule is O=C(O)NCC1CCN(C(=O)CN2CCC[C@H](NS(=O)(=O)c3ccc4cc(Cl)ccc4c3)C2=O)CC1. The van der Waals surface area contributed by atoms with Crippen LogP contribution in [-0.4, -0.2) is 80.0 Å². The summed E-state index contributed by atoms with van der Waals surface area (Å²) in [7, 11) is -3.96. The van der Waals surface area contributed by atoms with Crippen molar-refractivity contribution in [3.63, 3.8) is 0 Å². The van der Waals surface area contributed by atoms with Crippen molar-refractivity contribution in [1.29, 1.82) is 0 Å². The maximum atomic E-state index is 13.1. The molecule has 3 N–H and O–H groups in total. The number of carbonyl (C=O) groups is 3. The zero-order valence-electron chi connectivity index (χ0n) is 19.7. The first-order valence-electron chi connectivity index (χ1n) is 11.9. The molecule has 4 rings (SSSR count). The van der Waals surface area contributed by atoms with Crippen LogP contribution in [0.5, 0.6) is 0 Å². The Labute approximate surface area is 214 Å². The predicted octanol–water partition coefficient (Wildman–Crippen LogP) is 2.27. The highest BCUT2D eigenvalue weighted by atomic mass is 35.5. The quantitative estimate of drug-likeness (QED) is 0.496. The van der Waals surface area contributed by atoms with Crippen LogP contribution in [0.3, 0.4) is 0 Å². The van der Waals surface area contributed by atoms with Crippen molar-refractivity contribution in [2.24, 2.45) is 5.92 Å². The van der Waals surface area contributed by atoms with Crippen LogP contribution in [0.4, 0.5) is 4.79 Å². The summed E-state index contributed by atoms with van der Waals surface area (Å²) in [5, 5.41) is 13.2. The molecule has 0 aromatic heterocycles. The fourth-order valence-corrected chi connectivity index (χ4v) is 6.14. The number of halogens is 1. The van der Waals surface area contributed by atoms with Crippen LogP contribution >= 0.6 is 11.6 Å². The number of hydrogen-bond donors (Lipinski definition) is 3. The Hall–Kier alpha value is -2.89. The number of nitrogens with one attached hydrogen (secondary N) is 2. The predicted molar refractivity (Wildman–Crippen MR) is 134 cm³/mol. The second-order valence-electron chi connectivity index (χ2n) is 9.24. The zero-order valence-corrected chi connectivity index (χ0v) is 21.2. The van der Waals surface area contributed by atoms with E-state index < -0.39 is 28.1 Å². The molecule has 0 aliphatic carbocycles. The fourth-order valence-electron chi connectivity index (χ4n) is 4.71. The van der Waals surface area contributed by atoms with Gasteiger partial charge in [-0.05, 0) is 66.6 Å². The molecule has 0 radical (unpaired) electrons. The van der Waals surface area contributed by atoms with Crippen LogP contribution in [0.2, 0.25) is 5.02 Å². The van der Waals surface area contributed by atoms with Crippen LogP contribution < -0.4 is 10.0 Å². The van der Waals surface area contributed by atoms with Crippen LogP contribution in [0, 0.1) is 5.92 Å².